The molecule has 0 aromatic heterocycles. The van der Waals surface area contributed by atoms with Crippen molar-refractivity contribution < 1.29 is 158 Å². The highest BCUT2D eigenvalue weighted by atomic mass is 79.9. The first kappa shape index (κ1) is 122. The number of fused-ring (bicyclic) bond motifs is 3. The molecule has 769 valence electrons. The van der Waals surface area contributed by atoms with Crippen LogP contribution in [0.15, 0.2) is 269 Å². The van der Waals surface area contributed by atoms with Crippen LogP contribution >= 0.6 is 63.0 Å². The van der Waals surface area contributed by atoms with Crippen LogP contribution in [0.2, 0.25) is 0 Å². The van der Waals surface area contributed by atoms with E-state index in [-0.39, 0.29) is 83.3 Å². The van der Waals surface area contributed by atoms with E-state index in [4.69, 9.17) is 0 Å². The van der Waals surface area contributed by atoms with Crippen LogP contribution in [0.1, 0.15) is 135 Å². The van der Waals surface area contributed by atoms with Crippen LogP contribution in [0.5, 0.6) is 23.0 Å². The average Bonchev–Trinajstić information content (AvgIpc) is 1.73. The molecule has 0 spiro atoms. The average molecular weight is 2180 g/mol. The molecule has 0 aliphatic heterocycles. The molecule has 143 heavy (non-hydrogen) atoms. The van der Waals surface area contributed by atoms with Crippen LogP contribution in [0.3, 0.4) is 0 Å². The van der Waals surface area contributed by atoms with Crippen LogP contribution in [0.25, 0.3) is 0 Å². The second-order valence-corrected chi connectivity index (χ2v) is 34.9. The fourth-order valence-electron chi connectivity index (χ4n) is 13.3. The highest BCUT2D eigenvalue weighted by Crippen LogP contribution is 2.45. The number of rotatable bonds is 23. The summed E-state index contributed by atoms with van der Waals surface area (Å²) in [6.45, 7) is 2.20. The summed E-state index contributed by atoms with van der Waals surface area (Å²) in [5.41, 5.74) is 6.52. The van der Waals surface area contributed by atoms with Crippen LogP contribution in [-0.4, -0.2) is 133 Å². The number of carbonyl (C=O) groups is 5. The topological polar surface area (TPSA) is 194 Å². The lowest BCUT2D eigenvalue weighted by molar-refractivity contribution is -0.275. The highest BCUT2D eigenvalue weighted by molar-refractivity contribution is 9.10. The van der Waals surface area contributed by atoms with Crippen molar-refractivity contribution in [3.05, 3.63) is 325 Å². The predicted molar refractivity (Wildman–Crippen MR) is 494 cm³/mol. The van der Waals surface area contributed by atoms with Gasteiger partial charge in [-0.3, -0.25) is 24.0 Å². The molecule has 0 bridgehead atoms. The van der Waals surface area contributed by atoms with Gasteiger partial charge in [0.25, 0.3) is 0 Å². The SMILES string of the molecule is C.C.CNCCN(C)C.CSc1ccccc1F.O=C(NC1CCc2cc(Br)ccc21)C(F)(F)F.O=C(NC1CCc2cc(C(O)c3ccc(OC(F)(F)F)cc3Sc3ccccc3F)ccc21)C(F)(F)F.O=C(NC1CCc2cc(Cc3ccc(OC(F)(F)F)cc3Sc3ccccc3F)ccc21)C(F)(F)F.O=Cc1ccc(OC(F)(F)F)cc1.O=Cc1ccc(OC(F)(F)F)cc1Sc1ccccc1F.[B]. The van der Waals surface area contributed by atoms with Crippen LogP contribution in [0, 0.1) is 23.3 Å². The lowest BCUT2D eigenvalue weighted by atomic mass is 9.97. The van der Waals surface area contributed by atoms with E-state index < -0.39 is 121 Å². The molecule has 0 heterocycles. The number of aliphatic hydroxyl groups excluding tert-OH is 1. The summed E-state index contributed by atoms with van der Waals surface area (Å²) in [5, 5.41) is 20.1. The lowest BCUT2D eigenvalue weighted by Crippen LogP contribution is -2.38. The minimum atomic E-state index is -5.02. The molecule has 11 aromatic rings. The van der Waals surface area contributed by atoms with Gasteiger partial charge in [0, 0.05) is 71.4 Å². The number of ether oxygens (including phenoxy) is 4. The highest BCUT2D eigenvalue weighted by Gasteiger charge is 2.44. The lowest BCUT2D eigenvalue weighted by Gasteiger charge is -2.19. The number of nitrogens with zero attached hydrogens (tertiary/aromatic N) is 1. The molecule has 14 rings (SSSR count). The minimum Gasteiger partial charge on any atom is -0.406 e. The summed E-state index contributed by atoms with van der Waals surface area (Å²) in [5.74, 6) is -9.53. The van der Waals surface area contributed by atoms with Gasteiger partial charge in [0.2, 0.25) is 0 Å². The molecule has 4 atom stereocenters. The number of thioether (sulfide) groups is 1. The second-order valence-electron chi connectivity index (χ2n) is 29.9. The minimum absolute atomic E-state index is 0. The number of nitrogens with one attached hydrogen (secondary N) is 4. The Bertz CT molecular complexity index is 6020. The third-order valence-electron chi connectivity index (χ3n) is 19.5. The Balaban J connectivity index is 0.000000313. The molecule has 0 saturated carbocycles. The third kappa shape index (κ3) is 40.2. The number of benzene rings is 11. The van der Waals surface area contributed by atoms with Crippen LogP contribution in [-0.2, 0) is 40.1 Å². The number of aliphatic hydroxyl groups is 1. The van der Waals surface area contributed by atoms with Crippen molar-refractivity contribution in [2.24, 2.45) is 0 Å². The number of carbonyl (C=O) groups excluding carboxylic acids is 5. The first-order valence-corrected chi connectivity index (χ1v) is 45.2. The normalized spacial score (nSPS) is 14.1. The van der Waals surface area contributed by atoms with E-state index >= 15 is 0 Å². The van der Waals surface area contributed by atoms with Crippen molar-refractivity contribution in [2.75, 3.05) is 40.5 Å². The Morgan fingerprint density at radius 2 is 0.783 bits per heavy atom. The number of aldehydes is 2. The summed E-state index contributed by atoms with van der Waals surface area (Å²) in [7, 11) is 6.10. The summed E-state index contributed by atoms with van der Waals surface area (Å²) in [6, 6.07) is 51.9. The fourth-order valence-corrected chi connectivity index (χ4v) is 17.1. The maximum Gasteiger partial charge on any atom is 0.573 e. The quantitative estimate of drug-likeness (QED) is 0.0176. The van der Waals surface area contributed by atoms with Gasteiger partial charge in [-0.05, 0) is 255 Å². The monoisotopic (exact) mass is 2170 g/mol. The number of aryl methyl sites for hydroxylation is 3. The van der Waals surface area contributed by atoms with Gasteiger partial charge < -0.3 is 50.2 Å². The maximum absolute atomic E-state index is 14.3. The van der Waals surface area contributed by atoms with Gasteiger partial charge in [-0.2, -0.15) is 39.5 Å². The molecule has 3 amide bonds. The van der Waals surface area contributed by atoms with Crippen molar-refractivity contribution in [3.8, 4) is 23.0 Å². The third-order valence-corrected chi connectivity index (χ3v) is 24.2. The van der Waals surface area contributed by atoms with Gasteiger partial charge >= 0.3 is 61.7 Å². The molecular formula is C97H87BBrF25N5O10S4. The van der Waals surface area contributed by atoms with E-state index in [9.17, 15) is 139 Å². The van der Waals surface area contributed by atoms with Gasteiger partial charge in [0.1, 0.15) is 58.7 Å². The molecule has 11 aromatic carbocycles. The molecule has 15 nitrogen and oxygen atoms in total. The Labute approximate surface area is 831 Å². The van der Waals surface area contributed by atoms with Crippen LogP contribution in [0.4, 0.5) is 110 Å². The van der Waals surface area contributed by atoms with E-state index in [1.54, 1.807) is 66.7 Å². The van der Waals surface area contributed by atoms with Gasteiger partial charge in [0.05, 0.1) is 18.1 Å². The van der Waals surface area contributed by atoms with Crippen molar-refractivity contribution in [1.82, 2.24) is 26.2 Å². The van der Waals surface area contributed by atoms with Crippen molar-refractivity contribution in [2.45, 2.75) is 162 Å². The first-order chi connectivity index (χ1) is 65.6. The predicted octanol–water partition coefficient (Wildman–Crippen LogP) is 27.2. The molecular weight excluding hydrogens is 2090 g/mol. The summed E-state index contributed by atoms with van der Waals surface area (Å²) in [4.78, 5) is 58.6. The number of hydrogen-bond acceptors (Lipinski definition) is 16. The zero-order valence-corrected chi connectivity index (χ0v) is 78.2. The Kier molecular flexibility index (Phi) is 46.8. The molecule has 3 aliphatic carbocycles. The Morgan fingerprint density at radius 3 is 1.17 bits per heavy atom. The number of halogens is 26. The molecule has 0 fully saturated rings. The molecule has 46 heteroatoms. The van der Waals surface area contributed by atoms with E-state index in [0.29, 0.717) is 87.8 Å². The first-order valence-electron chi connectivity index (χ1n) is 40.7. The zero-order chi connectivity index (χ0) is 103. The Morgan fingerprint density at radius 1 is 0.427 bits per heavy atom. The standard InChI is InChI=1S/C25H18F7NO3S.C25H18F7NO2S.C14H8F4O2S.C11H9BrF3NO.C8H5F3O2.C7H7FS.C5H14N2.2CH4.B/c26-18-3-1-2-4-20(18)37-21-12-15(36-25(30,31)32)7-9-17(21)22(34)14-5-8-16-13(11-14)6-10-19(16)33-23(35)24(27,28)29;26-19-3-1-2-4-21(19)36-22-13-17(35-25(30,31)32)8-6-16(22)12-14-5-9-18-15(11-14)7-10-20(18)33-23(34)24(27,28)29;15-11-3-1-2-4-12(11)21-13-7-10(20-14(16,17)18)6-5-9(13)8-19;12-7-2-3-8-6(5-7)1-4-9(8)16-10(17)11(13,14)15;9-8(10,11)13-7-3-1-6(5-12)2-4-7;1-9-7-5-3-2-4-6(7)8;1-6-4-5-7(2)3;;;/h1-5,7-9,11-12,19,22,34H,6,10H2,(H,33,35);1-6,8-9,11,13,20H,7,10,12H2,(H,33,34);1-8H;2-3,5,9H,1,4H2,(H,16,17);1-5H;2-5H,1H3;6H,4-5H2,1-3H3;2*1H4;. The molecule has 5 N–H and O–H groups in total. The van der Waals surface area contributed by atoms with E-state index in [1.807, 2.05) is 41.4 Å². The van der Waals surface area contributed by atoms with Gasteiger partial charge in [-0.15, -0.1) is 64.4 Å². The molecule has 4 unspecified atom stereocenters. The summed E-state index contributed by atoms with van der Waals surface area (Å²) in [6.07, 6.45) is -29.9. The van der Waals surface area contributed by atoms with Crippen molar-refractivity contribution >= 4 is 102 Å². The largest absolute Gasteiger partial charge is 0.573 e. The van der Waals surface area contributed by atoms with Crippen molar-refractivity contribution in [3.63, 3.8) is 0 Å². The number of amides is 3. The molecule has 3 radical (unpaired) electrons. The number of hydrogen-bond donors (Lipinski definition) is 5. The van der Waals surface area contributed by atoms with E-state index in [1.165, 1.54) is 127 Å². The molecule has 0 saturated heterocycles. The maximum atomic E-state index is 14.3. The van der Waals surface area contributed by atoms with Crippen molar-refractivity contribution in [1.29, 1.82) is 0 Å². The van der Waals surface area contributed by atoms with Crippen LogP contribution < -0.4 is 40.2 Å². The second kappa shape index (κ2) is 54.9. The number of likely N-dealkylation sites (N-methyl/N-ethyl adjacent to an activating group) is 2. The number of alkyl halides is 21. The Hall–Kier alpha value is -11.6. The summed E-state index contributed by atoms with van der Waals surface area (Å²) >= 11 is 7.33. The van der Waals surface area contributed by atoms with Gasteiger partial charge in [-0.1, -0.05) is 169 Å². The smallest absolute Gasteiger partial charge is 0.406 e. The van der Waals surface area contributed by atoms with Gasteiger partial charge in [0.15, 0.2) is 6.29 Å². The molecule has 3 aliphatic rings. The van der Waals surface area contributed by atoms with Gasteiger partial charge in [-0.25, -0.2) is 17.6 Å². The van der Waals surface area contributed by atoms with E-state index in [2.05, 4.69) is 59.2 Å². The fraction of sp³-hybridized carbons (Fsp3) is 0.268. The van der Waals surface area contributed by atoms with E-state index in [0.717, 1.165) is 111 Å². The summed E-state index contributed by atoms with van der Waals surface area (Å²) < 4.78 is 331. The zero-order valence-electron chi connectivity index (χ0n) is 73.4.